The van der Waals surface area contributed by atoms with Crippen molar-refractivity contribution in [2.24, 2.45) is 14.1 Å². The first-order valence-electron chi connectivity index (χ1n) is 11.1. The molecule has 5 aromatic rings. The maximum Gasteiger partial charge on any atom is 0.334 e. The predicted molar refractivity (Wildman–Crippen MR) is 130 cm³/mol. The van der Waals surface area contributed by atoms with Crippen molar-refractivity contribution in [1.82, 2.24) is 28.9 Å². The summed E-state index contributed by atoms with van der Waals surface area (Å²) in [5.74, 6) is -0.515. The Labute approximate surface area is 190 Å². The molecule has 0 atom stereocenters. The quantitative estimate of drug-likeness (QED) is 0.393. The number of hydrogen-bond donors (Lipinski definition) is 0. The van der Waals surface area contributed by atoms with Crippen LogP contribution in [0.25, 0.3) is 38.9 Å². The highest BCUT2D eigenvalue weighted by atomic mass is 19.1. The maximum atomic E-state index is 15.2. The molecule has 1 aromatic carbocycles. The molecule has 7 nitrogen and oxygen atoms in total. The van der Waals surface area contributed by atoms with Crippen LogP contribution in [0.2, 0.25) is 6.32 Å². The predicted octanol–water partition coefficient (Wildman–Crippen LogP) is 2.87. The summed E-state index contributed by atoms with van der Waals surface area (Å²) < 4.78 is 19.8. The van der Waals surface area contributed by atoms with Gasteiger partial charge >= 0.3 is 5.69 Å². The molecule has 0 aliphatic heterocycles. The minimum absolute atomic E-state index is 0.000416. The van der Waals surface area contributed by atoms with Gasteiger partial charge in [0.15, 0.2) is 18.9 Å². The normalized spacial score (nSPS) is 11.5. The average Bonchev–Trinajstić information content (AvgIpc) is 3.35. The zero-order valence-electron chi connectivity index (χ0n) is 19.1. The number of benzene rings is 1. The van der Waals surface area contributed by atoms with Crippen molar-refractivity contribution >= 4 is 34.7 Å². The molecule has 0 N–H and O–H groups in total. The first kappa shape index (κ1) is 21.1. The van der Waals surface area contributed by atoms with Gasteiger partial charge in [0.1, 0.15) is 0 Å². The lowest BCUT2D eigenvalue weighted by Gasteiger charge is -2.11. The average molecular weight is 442 g/mol. The standard InChI is InChI=1S/C24H24BFN6O/c1-5-14-7-20-18(9-17(14)15-10-29-30(3)13-15)22-21(12-27-20)31(4)24(33)32(22)23-19(26)8-16(11-28-23)25-6-2/h7-13,25H,5-6H2,1-4H3. The lowest BCUT2D eigenvalue weighted by atomic mass is 9.69. The van der Waals surface area contributed by atoms with E-state index in [9.17, 15) is 4.79 Å². The Bertz CT molecular complexity index is 1580. The van der Waals surface area contributed by atoms with Crippen LogP contribution < -0.4 is 11.2 Å². The van der Waals surface area contributed by atoms with E-state index in [0.717, 1.165) is 53.1 Å². The first-order valence-corrected chi connectivity index (χ1v) is 11.1. The number of nitrogens with zero attached hydrogens (tertiary/aromatic N) is 6. The molecule has 0 aliphatic rings. The van der Waals surface area contributed by atoms with Gasteiger partial charge in [-0.15, -0.1) is 0 Å². The molecule has 0 fully saturated rings. The lowest BCUT2D eigenvalue weighted by Crippen LogP contribution is -2.24. The summed E-state index contributed by atoms with van der Waals surface area (Å²) in [7, 11) is 4.28. The van der Waals surface area contributed by atoms with Gasteiger partial charge in [0.2, 0.25) is 0 Å². The maximum absolute atomic E-state index is 15.2. The van der Waals surface area contributed by atoms with Crippen molar-refractivity contribution < 1.29 is 4.39 Å². The third-order valence-corrected chi connectivity index (χ3v) is 6.13. The highest BCUT2D eigenvalue weighted by Gasteiger charge is 2.21. The number of hydrogen-bond acceptors (Lipinski definition) is 4. The van der Waals surface area contributed by atoms with Crippen LogP contribution in [-0.2, 0) is 20.5 Å². The highest BCUT2D eigenvalue weighted by Crippen LogP contribution is 2.32. The Balaban J connectivity index is 1.87. The monoisotopic (exact) mass is 442 g/mol. The van der Waals surface area contributed by atoms with E-state index in [1.54, 1.807) is 24.1 Å². The van der Waals surface area contributed by atoms with E-state index in [-0.39, 0.29) is 11.5 Å². The molecule has 0 spiro atoms. The van der Waals surface area contributed by atoms with Gasteiger partial charge in [-0.25, -0.2) is 18.7 Å². The summed E-state index contributed by atoms with van der Waals surface area (Å²) in [5.41, 5.74) is 5.52. The minimum Gasteiger partial charge on any atom is -0.293 e. The van der Waals surface area contributed by atoms with Gasteiger partial charge in [-0.1, -0.05) is 25.6 Å². The molecule has 166 valence electrons. The molecule has 0 unspecified atom stereocenters. The molecule has 0 saturated heterocycles. The van der Waals surface area contributed by atoms with E-state index < -0.39 is 5.82 Å². The molecule has 4 heterocycles. The summed E-state index contributed by atoms with van der Waals surface area (Å²) in [5, 5.41) is 5.08. The number of fused-ring (bicyclic) bond motifs is 3. The molecule has 5 rings (SSSR count). The number of imidazole rings is 1. The number of rotatable bonds is 5. The van der Waals surface area contributed by atoms with Crippen molar-refractivity contribution in [3.8, 4) is 16.9 Å². The molecule has 9 heteroatoms. The molecule has 0 bridgehead atoms. The van der Waals surface area contributed by atoms with Crippen molar-refractivity contribution in [1.29, 1.82) is 0 Å². The third-order valence-electron chi connectivity index (χ3n) is 6.13. The first-order chi connectivity index (χ1) is 15.9. The summed E-state index contributed by atoms with van der Waals surface area (Å²) in [6, 6.07) is 5.53. The summed E-state index contributed by atoms with van der Waals surface area (Å²) in [4.78, 5) is 22.2. The molecular weight excluding hydrogens is 418 g/mol. The van der Waals surface area contributed by atoms with E-state index in [4.69, 9.17) is 0 Å². The second kappa shape index (κ2) is 7.99. The molecular formula is C24H24BFN6O. The van der Waals surface area contributed by atoms with E-state index in [1.807, 2.05) is 38.5 Å². The molecule has 0 radical (unpaired) electrons. The SMILES string of the molecule is CCBc1cnc(-n2c(=O)n(C)c3cnc4cc(CC)c(-c5cnn(C)c5)cc4c32)c(F)c1. The van der Waals surface area contributed by atoms with Crippen molar-refractivity contribution in [2.45, 2.75) is 26.6 Å². The Morgan fingerprint density at radius 1 is 1.06 bits per heavy atom. The molecule has 33 heavy (non-hydrogen) atoms. The number of pyridine rings is 2. The third kappa shape index (κ3) is 3.35. The second-order valence-corrected chi connectivity index (χ2v) is 8.35. The Kier molecular flexibility index (Phi) is 5.11. The van der Waals surface area contributed by atoms with Gasteiger partial charge in [-0.3, -0.25) is 14.2 Å². The van der Waals surface area contributed by atoms with Gasteiger partial charge in [0.25, 0.3) is 0 Å². The van der Waals surface area contributed by atoms with E-state index in [0.29, 0.717) is 11.0 Å². The molecule has 0 saturated carbocycles. The van der Waals surface area contributed by atoms with Crippen LogP contribution in [0.3, 0.4) is 0 Å². The number of halogens is 1. The fourth-order valence-corrected chi connectivity index (χ4v) is 4.47. The smallest absolute Gasteiger partial charge is 0.293 e. The Morgan fingerprint density at radius 2 is 1.88 bits per heavy atom. The van der Waals surface area contributed by atoms with E-state index in [2.05, 4.69) is 22.0 Å². The Morgan fingerprint density at radius 3 is 2.55 bits per heavy atom. The topological polar surface area (TPSA) is 70.5 Å². The summed E-state index contributed by atoms with van der Waals surface area (Å²) in [6.45, 7) is 4.12. The zero-order chi connectivity index (χ0) is 23.3. The van der Waals surface area contributed by atoms with Crippen LogP contribution in [0, 0.1) is 5.82 Å². The van der Waals surface area contributed by atoms with Gasteiger partial charge in [0, 0.05) is 37.4 Å². The van der Waals surface area contributed by atoms with Crippen LogP contribution in [-0.4, -0.2) is 36.2 Å². The second-order valence-electron chi connectivity index (χ2n) is 8.35. The fourth-order valence-electron chi connectivity index (χ4n) is 4.47. The van der Waals surface area contributed by atoms with Crippen LogP contribution >= 0.6 is 0 Å². The van der Waals surface area contributed by atoms with E-state index >= 15 is 4.39 Å². The molecule has 4 aromatic heterocycles. The highest BCUT2D eigenvalue weighted by molar-refractivity contribution is 6.53. The Hall–Kier alpha value is -3.75. The largest absolute Gasteiger partial charge is 0.334 e. The van der Waals surface area contributed by atoms with E-state index in [1.165, 1.54) is 15.2 Å². The number of aryl methyl sites for hydroxylation is 3. The summed E-state index contributed by atoms with van der Waals surface area (Å²) >= 11 is 0. The fraction of sp³-hybridized carbons (Fsp3) is 0.250. The van der Waals surface area contributed by atoms with Crippen LogP contribution in [0.5, 0.6) is 0 Å². The lowest BCUT2D eigenvalue weighted by molar-refractivity contribution is 0.609. The summed E-state index contributed by atoms with van der Waals surface area (Å²) in [6.07, 6.45) is 8.80. The molecule has 0 amide bonds. The van der Waals surface area contributed by atoms with Gasteiger partial charge < -0.3 is 0 Å². The van der Waals surface area contributed by atoms with Crippen molar-refractivity contribution in [3.63, 3.8) is 0 Å². The van der Waals surface area contributed by atoms with Crippen molar-refractivity contribution in [2.75, 3.05) is 0 Å². The van der Waals surface area contributed by atoms with Gasteiger partial charge in [-0.2, -0.15) is 5.10 Å². The van der Waals surface area contributed by atoms with Crippen LogP contribution in [0.1, 0.15) is 19.4 Å². The van der Waals surface area contributed by atoms with Crippen molar-refractivity contribution in [3.05, 3.63) is 64.9 Å². The van der Waals surface area contributed by atoms with Crippen LogP contribution in [0.15, 0.2) is 47.8 Å². The van der Waals surface area contributed by atoms with Gasteiger partial charge in [-0.05, 0) is 35.7 Å². The number of aromatic nitrogens is 6. The van der Waals surface area contributed by atoms with Gasteiger partial charge in [0.05, 0.1) is 28.9 Å². The molecule has 0 aliphatic carbocycles. The zero-order valence-corrected chi connectivity index (χ0v) is 19.1. The van der Waals surface area contributed by atoms with Crippen LogP contribution in [0.4, 0.5) is 4.39 Å². The minimum atomic E-state index is -0.516.